The van der Waals surface area contributed by atoms with Gasteiger partial charge in [-0.25, -0.2) is 0 Å². The summed E-state index contributed by atoms with van der Waals surface area (Å²) in [5, 5.41) is 3.20. The zero-order valence-corrected chi connectivity index (χ0v) is 4.65. The molecule has 2 nitrogen and oxygen atoms in total. The van der Waals surface area contributed by atoms with Crippen LogP contribution in [-0.4, -0.2) is 19.1 Å². The van der Waals surface area contributed by atoms with Gasteiger partial charge in [0, 0.05) is 12.6 Å². The van der Waals surface area contributed by atoms with Gasteiger partial charge in [0.25, 0.3) is 0 Å². The van der Waals surface area contributed by atoms with Gasteiger partial charge in [-0.15, -0.1) is 0 Å². The number of nitrogens with one attached hydrogen (secondary N) is 1. The molecular weight excluding hydrogens is 88.1 g/mol. The molecule has 42 valence electrons. The first-order valence-corrected chi connectivity index (χ1v) is 2.77. The third-order valence-electron chi connectivity index (χ3n) is 1.58. The summed E-state index contributed by atoms with van der Waals surface area (Å²) in [6.07, 6.45) is 0. The van der Waals surface area contributed by atoms with Crippen LogP contribution in [0.3, 0.4) is 0 Å². The van der Waals surface area contributed by atoms with Gasteiger partial charge >= 0.3 is 0 Å². The third kappa shape index (κ3) is 0.924. The van der Waals surface area contributed by atoms with Crippen LogP contribution in [0, 0.1) is 5.92 Å². The standard InChI is InChI=1S/C5H12N2/c1-4-2-7-3-5(4)6/h4-5,7H,2-3,6H2,1H3/t4-,5-/m0/s1. The molecule has 1 aliphatic heterocycles. The highest BCUT2D eigenvalue weighted by Gasteiger charge is 2.17. The van der Waals surface area contributed by atoms with Crippen molar-refractivity contribution in [2.75, 3.05) is 13.1 Å². The van der Waals surface area contributed by atoms with E-state index in [4.69, 9.17) is 5.73 Å². The van der Waals surface area contributed by atoms with E-state index in [1.807, 2.05) is 0 Å². The Hall–Kier alpha value is -0.0800. The maximum atomic E-state index is 5.62. The Labute approximate surface area is 44.1 Å². The van der Waals surface area contributed by atoms with Crippen LogP contribution in [0.2, 0.25) is 0 Å². The number of rotatable bonds is 0. The fourth-order valence-corrected chi connectivity index (χ4v) is 0.830. The molecule has 0 bridgehead atoms. The van der Waals surface area contributed by atoms with Gasteiger partial charge in [-0.3, -0.25) is 0 Å². The molecule has 2 atom stereocenters. The first-order chi connectivity index (χ1) is 3.30. The smallest absolute Gasteiger partial charge is 0.0203 e. The van der Waals surface area contributed by atoms with E-state index in [9.17, 15) is 0 Å². The molecular formula is C5H12N2. The molecule has 0 saturated carbocycles. The molecule has 0 spiro atoms. The minimum absolute atomic E-state index is 0.403. The highest BCUT2D eigenvalue weighted by Crippen LogP contribution is 2.02. The van der Waals surface area contributed by atoms with E-state index in [2.05, 4.69) is 12.2 Å². The number of hydrogen-bond acceptors (Lipinski definition) is 2. The quantitative estimate of drug-likeness (QED) is 0.433. The predicted molar refractivity (Wildman–Crippen MR) is 30.0 cm³/mol. The van der Waals surface area contributed by atoms with Crippen molar-refractivity contribution in [3.05, 3.63) is 0 Å². The summed E-state index contributed by atoms with van der Waals surface area (Å²) in [7, 11) is 0. The molecule has 1 saturated heterocycles. The summed E-state index contributed by atoms with van der Waals surface area (Å²) < 4.78 is 0. The lowest BCUT2D eigenvalue weighted by atomic mass is 10.1. The maximum absolute atomic E-state index is 5.62. The van der Waals surface area contributed by atoms with E-state index >= 15 is 0 Å². The van der Waals surface area contributed by atoms with Crippen LogP contribution in [0.1, 0.15) is 6.92 Å². The highest BCUT2D eigenvalue weighted by molar-refractivity contribution is 4.79. The van der Waals surface area contributed by atoms with Gasteiger partial charge in [0.15, 0.2) is 0 Å². The zero-order chi connectivity index (χ0) is 5.28. The summed E-state index contributed by atoms with van der Waals surface area (Å²) in [6, 6.07) is 0.403. The monoisotopic (exact) mass is 100 g/mol. The normalized spacial score (nSPS) is 42.0. The molecule has 0 aliphatic carbocycles. The number of nitrogens with two attached hydrogens (primary N) is 1. The third-order valence-corrected chi connectivity index (χ3v) is 1.58. The van der Waals surface area contributed by atoms with Crippen molar-refractivity contribution < 1.29 is 0 Å². The Morgan fingerprint density at radius 2 is 2.29 bits per heavy atom. The maximum Gasteiger partial charge on any atom is 0.0203 e. The fourth-order valence-electron chi connectivity index (χ4n) is 0.830. The van der Waals surface area contributed by atoms with Crippen LogP contribution in [-0.2, 0) is 0 Å². The molecule has 0 aromatic carbocycles. The lowest BCUT2D eigenvalue weighted by Crippen LogP contribution is -2.26. The van der Waals surface area contributed by atoms with Gasteiger partial charge < -0.3 is 11.1 Å². The lowest BCUT2D eigenvalue weighted by Gasteiger charge is -2.03. The van der Waals surface area contributed by atoms with Gasteiger partial charge in [-0.2, -0.15) is 0 Å². The van der Waals surface area contributed by atoms with E-state index in [1.165, 1.54) is 0 Å². The van der Waals surface area contributed by atoms with Crippen LogP contribution in [0.15, 0.2) is 0 Å². The molecule has 7 heavy (non-hydrogen) atoms. The van der Waals surface area contributed by atoms with Gasteiger partial charge in [0.2, 0.25) is 0 Å². The molecule has 1 fully saturated rings. The van der Waals surface area contributed by atoms with Crippen molar-refractivity contribution in [2.24, 2.45) is 11.7 Å². The van der Waals surface area contributed by atoms with Crippen molar-refractivity contribution >= 4 is 0 Å². The first-order valence-electron chi connectivity index (χ1n) is 2.77. The zero-order valence-electron chi connectivity index (χ0n) is 4.65. The Kier molecular flexibility index (Phi) is 1.30. The molecule has 0 aromatic rings. The SMILES string of the molecule is C[C@H]1CNC[C@@H]1N. The van der Waals surface area contributed by atoms with Crippen LogP contribution in [0.25, 0.3) is 0 Å². The van der Waals surface area contributed by atoms with Crippen molar-refractivity contribution in [1.29, 1.82) is 0 Å². The summed E-state index contributed by atoms with van der Waals surface area (Å²) in [5.74, 6) is 0.681. The van der Waals surface area contributed by atoms with E-state index in [0.717, 1.165) is 13.1 Å². The lowest BCUT2D eigenvalue weighted by molar-refractivity contribution is 0.565. The molecule has 1 aliphatic rings. The number of hydrogen-bond donors (Lipinski definition) is 2. The fraction of sp³-hybridized carbons (Fsp3) is 1.00. The molecule has 0 aromatic heterocycles. The Morgan fingerprint density at radius 1 is 1.57 bits per heavy atom. The molecule has 2 heteroatoms. The van der Waals surface area contributed by atoms with Gasteiger partial charge in [-0.1, -0.05) is 6.92 Å². The second-order valence-corrected chi connectivity index (χ2v) is 2.30. The van der Waals surface area contributed by atoms with Crippen molar-refractivity contribution in [3.8, 4) is 0 Å². The largest absolute Gasteiger partial charge is 0.326 e. The first kappa shape index (κ1) is 5.06. The summed E-state index contributed by atoms with van der Waals surface area (Å²) in [5.41, 5.74) is 5.62. The Morgan fingerprint density at radius 3 is 2.43 bits per heavy atom. The van der Waals surface area contributed by atoms with Gasteiger partial charge in [-0.05, 0) is 12.5 Å². The van der Waals surface area contributed by atoms with Crippen LogP contribution in [0.4, 0.5) is 0 Å². The van der Waals surface area contributed by atoms with Crippen LogP contribution >= 0.6 is 0 Å². The summed E-state index contributed by atoms with van der Waals surface area (Å²) >= 11 is 0. The van der Waals surface area contributed by atoms with Gasteiger partial charge in [0.1, 0.15) is 0 Å². The van der Waals surface area contributed by atoms with Crippen molar-refractivity contribution in [1.82, 2.24) is 5.32 Å². The minimum Gasteiger partial charge on any atom is -0.326 e. The van der Waals surface area contributed by atoms with Crippen LogP contribution in [0.5, 0.6) is 0 Å². The molecule has 3 N–H and O–H groups in total. The average molecular weight is 100 g/mol. The van der Waals surface area contributed by atoms with E-state index < -0.39 is 0 Å². The van der Waals surface area contributed by atoms with E-state index in [-0.39, 0.29) is 0 Å². The second kappa shape index (κ2) is 1.80. The summed E-state index contributed by atoms with van der Waals surface area (Å²) in [6.45, 7) is 4.27. The minimum atomic E-state index is 0.403. The van der Waals surface area contributed by atoms with Crippen molar-refractivity contribution in [3.63, 3.8) is 0 Å². The van der Waals surface area contributed by atoms with Gasteiger partial charge in [0.05, 0.1) is 0 Å². The Balaban J connectivity index is 2.33. The molecule has 1 heterocycles. The second-order valence-electron chi connectivity index (χ2n) is 2.30. The average Bonchev–Trinajstić information content (AvgIpc) is 1.91. The highest BCUT2D eigenvalue weighted by atomic mass is 15.0. The predicted octanol–water partition coefficient (Wildman–Crippen LogP) is -0.447. The Bertz CT molecular complexity index is 55.1. The van der Waals surface area contributed by atoms with E-state index in [0.29, 0.717) is 12.0 Å². The van der Waals surface area contributed by atoms with Crippen LogP contribution < -0.4 is 11.1 Å². The topological polar surface area (TPSA) is 38.0 Å². The molecule has 0 unspecified atom stereocenters. The molecule has 1 rings (SSSR count). The molecule has 0 radical (unpaired) electrons. The van der Waals surface area contributed by atoms with Crippen molar-refractivity contribution in [2.45, 2.75) is 13.0 Å². The molecule has 0 amide bonds. The summed E-state index contributed by atoms with van der Waals surface area (Å²) in [4.78, 5) is 0. The van der Waals surface area contributed by atoms with E-state index in [1.54, 1.807) is 0 Å².